The number of rotatable bonds is 1. The summed E-state index contributed by atoms with van der Waals surface area (Å²) in [7, 11) is 0. The molecule has 80 valence electrons. The third kappa shape index (κ3) is 1.66. The fourth-order valence-corrected chi connectivity index (χ4v) is 1.86. The van der Waals surface area contributed by atoms with Crippen LogP contribution in [0.25, 0.3) is 0 Å². The molecule has 0 saturated heterocycles. The summed E-state index contributed by atoms with van der Waals surface area (Å²) in [5.41, 5.74) is 5.69. The molecule has 15 heavy (non-hydrogen) atoms. The van der Waals surface area contributed by atoms with Crippen molar-refractivity contribution in [3.05, 3.63) is 35.1 Å². The minimum absolute atomic E-state index is 0.198. The van der Waals surface area contributed by atoms with Gasteiger partial charge in [-0.2, -0.15) is 0 Å². The minimum atomic E-state index is -1.13. The number of hydrogen-bond donors (Lipinski definition) is 2. The number of carbonyl (C=O) groups is 1. The highest BCUT2D eigenvalue weighted by molar-refractivity contribution is 5.65. The molecule has 0 fully saturated rings. The molecular weight excluding hydrogens is 201 g/mol. The second-order valence-corrected chi connectivity index (χ2v) is 3.44. The maximum atomic E-state index is 13.3. The normalized spacial score (nSPS) is 23.6. The number of hydrogen-bond acceptors (Lipinski definition) is 3. The van der Waals surface area contributed by atoms with E-state index in [0.717, 1.165) is 0 Å². The van der Waals surface area contributed by atoms with Gasteiger partial charge in [-0.1, -0.05) is 12.1 Å². The van der Waals surface area contributed by atoms with Crippen LogP contribution >= 0.6 is 0 Å². The van der Waals surface area contributed by atoms with Crippen molar-refractivity contribution in [2.45, 2.75) is 18.6 Å². The second-order valence-electron chi connectivity index (χ2n) is 3.44. The Labute approximate surface area is 85.5 Å². The van der Waals surface area contributed by atoms with Crippen LogP contribution in [-0.2, 0) is 11.2 Å². The maximum Gasteiger partial charge on any atom is 0.404 e. The van der Waals surface area contributed by atoms with Crippen LogP contribution in [-0.4, -0.2) is 17.3 Å². The zero-order chi connectivity index (χ0) is 11.0. The molecule has 1 aliphatic rings. The molecule has 4 nitrogen and oxygen atoms in total. The lowest BCUT2D eigenvalue weighted by molar-refractivity contribution is 0.0158. The third-order valence-corrected chi connectivity index (χ3v) is 2.48. The number of primary amides is 1. The van der Waals surface area contributed by atoms with Crippen LogP contribution in [0.4, 0.5) is 9.18 Å². The van der Waals surface area contributed by atoms with Gasteiger partial charge in [0.1, 0.15) is 18.0 Å². The SMILES string of the molecule is NC(=O)O[C@H]1Cc2cccc(F)c2[C@H]1O. The van der Waals surface area contributed by atoms with Crippen LogP contribution in [0.15, 0.2) is 18.2 Å². The summed E-state index contributed by atoms with van der Waals surface area (Å²) >= 11 is 0. The topological polar surface area (TPSA) is 72.6 Å². The summed E-state index contributed by atoms with van der Waals surface area (Å²) in [5, 5.41) is 9.70. The van der Waals surface area contributed by atoms with Crippen molar-refractivity contribution >= 4 is 6.09 Å². The maximum absolute atomic E-state index is 13.3. The summed E-state index contributed by atoms with van der Waals surface area (Å²) in [6.45, 7) is 0. The molecule has 5 heteroatoms. The Hall–Kier alpha value is -1.62. The van der Waals surface area contributed by atoms with Gasteiger partial charge in [0.25, 0.3) is 0 Å². The van der Waals surface area contributed by atoms with Gasteiger partial charge < -0.3 is 15.6 Å². The van der Waals surface area contributed by atoms with E-state index >= 15 is 0 Å². The Morgan fingerprint density at radius 3 is 2.93 bits per heavy atom. The Morgan fingerprint density at radius 1 is 1.60 bits per heavy atom. The van der Waals surface area contributed by atoms with E-state index in [9.17, 15) is 14.3 Å². The number of fused-ring (bicyclic) bond motifs is 1. The zero-order valence-electron chi connectivity index (χ0n) is 7.81. The van der Waals surface area contributed by atoms with Gasteiger partial charge >= 0.3 is 6.09 Å². The standard InChI is InChI=1S/C10H10FNO3/c11-6-3-1-2-5-4-7(15-10(12)14)9(13)8(5)6/h1-3,7,9,13H,4H2,(H2,12,14)/t7-,9-/m0/s1. The van der Waals surface area contributed by atoms with Crippen LogP contribution in [0.5, 0.6) is 0 Å². The molecule has 1 aromatic carbocycles. The smallest absolute Gasteiger partial charge is 0.404 e. The summed E-state index contributed by atoms with van der Waals surface area (Å²) in [6.07, 6.45) is -2.59. The summed E-state index contributed by atoms with van der Waals surface area (Å²) in [4.78, 5) is 10.5. The van der Waals surface area contributed by atoms with Crippen LogP contribution in [0, 0.1) is 5.82 Å². The van der Waals surface area contributed by atoms with Gasteiger partial charge in [0.15, 0.2) is 0 Å². The number of aliphatic hydroxyl groups excluding tert-OH is 1. The fraction of sp³-hybridized carbons (Fsp3) is 0.300. The molecular formula is C10H10FNO3. The summed E-state index contributed by atoms with van der Waals surface area (Å²) < 4.78 is 18.0. The lowest BCUT2D eigenvalue weighted by Crippen LogP contribution is -2.26. The van der Waals surface area contributed by atoms with E-state index in [2.05, 4.69) is 4.74 Å². The van der Waals surface area contributed by atoms with Gasteiger partial charge in [-0.05, 0) is 11.6 Å². The van der Waals surface area contributed by atoms with Crippen LogP contribution in [0.1, 0.15) is 17.2 Å². The number of nitrogens with two attached hydrogens (primary N) is 1. The predicted octanol–water partition coefficient (Wildman–Crippen LogP) is 0.879. The molecule has 0 aliphatic heterocycles. The van der Waals surface area contributed by atoms with Crippen LogP contribution in [0.2, 0.25) is 0 Å². The van der Waals surface area contributed by atoms with E-state index in [4.69, 9.17) is 5.73 Å². The third-order valence-electron chi connectivity index (χ3n) is 2.48. The van der Waals surface area contributed by atoms with E-state index < -0.39 is 24.1 Å². The number of carbonyl (C=O) groups excluding carboxylic acids is 1. The van der Waals surface area contributed by atoms with Gasteiger partial charge in [0.2, 0.25) is 0 Å². The fourth-order valence-electron chi connectivity index (χ4n) is 1.86. The molecule has 2 atom stereocenters. The van der Waals surface area contributed by atoms with Crippen molar-refractivity contribution in [1.82, 2.24) is 0 Å². The number of benzene rings is 1. The minimum Gasteiger partial charge on any atom is -0.443 e. The molecule has 0 saturated carbocycles. The highest BCUT2D eigenvalue weighted by Crippen LogP contribution is 2.34. The monoisotopic (exact) mass is 211 g/mol. The van der Waals surface area contributed by atoms with Crippen molar-refractivity contribution < 1.29 is 19.0 Å². The number of halogens is 1. The molecule has 1 amide bonds. The average Bonchev–Trinajstić information content (AvgIpc) is 2.44. The summed E-state index contributed by atoms with van der Waals surface area (Å²) in [5.74, 6) is -0.490. The molecule has 0 unspecified atom stereocenters. The van der Waals surface area contributed by atoms with E-state index in [1.54, 1.807) is 12.1 Å². The van der Waals surface area contributed by atoms with Gasteiger partial charge in [0.05, 0.1) is 0 Å². The number of aliphatic hydroxyl groups is 1. The van der Waals surface area contributed by atoms with Gasteiger partial charge in [0, 0.05) is 12.0 Å². The molecule has 1 aromatic rings. The first-order valence-electron chi connectivity index (χ1n) is 4.51. The van der Waals surface area contributed by atoms with Crippen molar-refractivity contribution in [3.8, 4) is 0 Å². The first kappa shape index (κ1) is 9.92. The van der Waals surface area contributed by atoms with Crippen molar-refractivity contribution in [1.29, 1.82) is 0 Å². The second kappa shape index (κ2) is 3.51. The number of ether oxygens (including phenoxy) is 1. The predicted molar refractivity (Wildman–Crippen MR) is 49.5 cm³/mol. The first-order valence-corrected chi connectivity index (χ1v) is 4.51. The molecule has 0 radical (unpaired) electrons. The Bertz CT molecular complexity index is 408. The van der Waals surface area contributed by atoms with Crippen LogP contribution in [0.3, 0.4) is 0 Å². The van der Waals surface area contributed by atoms with Gasteiger partial charge in [-0.25, -0.2) is 9.18 Å². The molecule has 0 heterocycles. The Morgan fingerprint density at radius 2 is 2.33 bits per heavy atom. The van der Waals surface area contributed by atoms with Crippen molar-refractivity contribution in [2.75, 3.05) is 0 Å². The number of amides is 1. The Balaban J connectivity index is 2.29. The van der Waals surface area contributed by atoms with Crippen molar-refractivity contribution in [2.24, 2.45) is 5.73 Å². The quantitative estimate of drug-likeness (QED) is 0.724. The summed E-state index contributed by atoms with van der Waals surface area (Å²) in [6, 6.07) is 4.49. The van der Waals surface area contributed by atoms with E-state index in [0.29, 0.717) is 5.56 Å². The molecule has 0 aromatic heterocycles. The molecule has 2 rings (SSSR count). The van der Waals surface area contributed by atoms with Gasteiger partial charge in [-0.3, -0.25) is 0 Å². The van der Waals surface area contributed by atoms with E-state index in [-0.39, 0.29) is 12.0 Å². The molecule has 1 aliphatic carbocycles. The Kier molecular flexibility index (Phi) is 2.32. The highest BCUT2D eigenvalue weighted by Gasteiger charge is 2.35. The zero-order valence-corrected chi connectivity index (χ0v) is 7.81. The molecule has 0 bridgehead atoms. The van der Waals surface area contributed by atoms with Crippen molar-refractivity contribution in [3.63, 3.8) is 0 Å². The largest absolute Gasteiger partial charge is 0.443 e. The van der Waals surface area contributed by atoms with Gasteiger partial charge in [-0.15, -0.1) is 0 Å². The van der Waals surface area contributed by atoms with Crippen LogP contribution < -0.4 is 5.73 Å². The lowest BCUT2D eigenvalue weighted by atomic mass is 10.1. The molecule has 3 N–H and O–H groups in total. The molecule has 0 spiro atoms. The van der Waals surface area contributed by atoms with E-state index in [1.165, 1.54) is 6.07 Å². The highest BCUT2D eigenvalue weighted by atomic mass is 19.1. The first-order chi connectivity index (χ1) is 7.09. The van der Waals surface area contributed by atoms with E-state index in [1.807, 2.05) is 0 Å². The average molecular weight is 211 g/mol. The lowest BCUT2D eigenvalue weighted by Gasteiger charge is -2.14.